The molecule has 0 spiro atoms. The van der Waals surface area contributed by atoms with Crippen LogP contribution < -0.4 is 0 Å². The number of amides is 1. The van der Waals surface area contributed by atoms with Crippen molar-refractivity contribution in [1.82, 2.24) is 4.90 Å². The number of Topliss-reactive ketones (excluding diaryl/α,β-unsaturated/α-hetero) is 1. The van der Waals surface area contributed by atoms with Gasteiger partial charge in [-0.1, -0.05) is 31.9 Å². The van der Waals surface area contributed by atoms with Gasteiger partial charge >= 0.3 is 5.97 Å². The van der Waals surface area contributed by atoms with Crippen LogP contribution in [0.3, 0.4) is 0 Å². The number of rotatable bonds is 2. The van der Waals surface area contributed by atoms with Gasteiger partial charge in [-0.2, -0.15) is 0 Å². The molecule has 1 amide bonds. The highest BCUT2D eigenvalue weighted by Gasteiger charge is 2.74. The topological polar surface area (TPSA) is 83.9 Å². The molecule has 3 saturated heterocycles. The first-order valence-corrected chi connectivity index (χ1v) is 9.91. The third-order valence-electron chi connectivity index (χ3n) is 7.57. The highest BCUT2D eigenvalue weighted by atomic mass is 16.6. The zero-order chi connectivity index (χ0) is 18.2. The highest BCUT2D eigenvalue weighted by molar-refractivity contribution is 6.07. The Bertz CT molecular complexity index is 717. The molecule has 3 aliphatic heterocycles. The summed E-state index contributed by atoms with van der Waals surface area (Å²) in [6, 6.07) is 0. The summed E-state index contributed by atoms with van der Waals surface area (Å²) in [4.78, 5) is 40.0. The van der Waals surface area contributed by atoms with Gasteiger partial charge in [0.2, 0.25) is 5.91 Å². The Morgan fingerprint density at radius 2 is 2.00 bits per heavy atom. The van der Waals surface area contributed by atoms with Crippen molar-refractivity contribution in [2.75, 3.05) is 6.54 Å². The third kappa shape index (κ3) is 1.89. The van der Waals surface area contributed by atoms with Crippen molar-refractivity contribution in [3.8, 4) is 0 Å². The predicted molar refractivity (Wildman–Crippen MR) is 90.4 cm³/mol. The Morgan fingerprint density at radius 3 is 2.81 bits per heavy atom. The summed E-state index contributed by atoms with van der Waals surface area (Å²) in [6.45, 7) is 2.35. The normalized spacial score (nSPS) is 49.2. The molecular weight excluding hydrogens is 334 g/mol. The molecule has 6 heteroatoms. The number of nitrogens with zero attached hydrogens (tertiary/aromatic N) is 1. The van der Waals surface area contributed by atoms with Gasteiger partial charge in [0, 0.05) is 12.5 Å². The lowest BCUT2D eigenvalue weighted by Gasteiger charge is -2.41. The average Bonchev–Trinajstić information content (AvgIpc) is 3.17. The van der Waals surface area contributed by atoms with Crippen LogP contribution in [-0.4, -0.2) is 46.0 Å². The van der Waals surface area contributed by atoms with Gasteiger partial charge in [-0.05, 0) is 37.0 Å². The van der Waals surface area contributed by atoms with Crippen LogP contribution >= 0.6 is 0 Å². The van der Waals surface area contributed by atoms with Crippen LogP contribution in [0.25, 0.3) is 0 Å². The van der Waals surface area contributed by atoms with Crippen molar-refractivity contribution in [1.29, 1.82) is 0 Å². The number of fused-ring (bicyclic) bond motifs is 1. The monoisotopic (exact) mass is 359 g/mol. The molecule has 26 heavy (non-hydrogen) atoms. The number of carbonyl (C=O) groups is 3. The van der Waals surface area contributed by atoms with Crippen LogP contribution in [0.1, 0.15) is 39.0 Å². The molecule has 1 N–H and O–H groups in total. The first-order chi connectivity index (χ1) is 12.4. The van der Waals surface area contributed by atoms with Crippen molar-refractivity contribution in [2.45, 2.75) is 50.9 Å². The molecule has 1 saturated carbocycles. The summed E-state index contributed by atoms with van der Waals surface area (Å²) in [6.07, 6.45) is 8.10. The number of hydrogen-bond acceptors (Lipinski definition) is 5. The standard InChI is InChI=1S/C20H25NO5/c1-10-6-7-11-4-2-3-5-12(11)14(10)16(22)15-17-20(25)13(19(24)26-17)8-9-21(20)18(15)23/h6-7,10-15,17,25H,2-5,8-9H2,1H3/t10-,11+,12+,13+,14+,15+,17+,20-/m1/s1. The van der Waals surface area contributed by atoms with Crippen LogP contribution in [0, 0.1) is 35.5 Å². The molecule has 0 aromatic rings. The fourth-order valence-electron chi connectivity index (χ4n) is 6.32. The molecule has 5 rings (SSSR count). The molecule has 140 valence electrons. The minimum absolute atomic E-state index is 0.0626. The maximum atomic E-state index is 13.6. The van der Waals surface area contributed by atoms with E-state index in [1.165, 1.54) is 11.3 Å². The highest BCUT2D eigenvalue weighted by Crippen LogP contribution is 2.53. The van der Waals surface area contributed by atoms with Gasteiger partial charge in [0.15, 0.2) is 17.6 Å². The fourth-order valence-corrected chi connectivity index (χ4v) is 6.32. The van der Waals surface area contributed by atoms with Gasteiger partial charge in [0.25, 0.3) is 0 Å². The van der Waals surface area contributed by atoms with E-state index < -0.39 is 29.6 Å². The zero-order valence-electron chi connectivity index (χ0n) is 15.0. The van der Waals surface area contributed by atoms with Crippen molar-refractivity contribution in [3.05, 3.63) is 12.2 Å². The van der Waals surface area contributed by atoms with Crippen LogP contribution in [0.5, 0.6) is 0 Å². The molecule has 4 fully saturated rings. The lowest BCUT2D eigenvalue weighted by molar-refractivity contribution is -0.150. The molecule has 0 radical (unpaired) electrons. The van der Waals surface area contributed by atoms with Crippen molar-refractivity contribution >= 4 is 17.7 Å². The van der Waals surface area contributed by atoms with E-state index >= 15 is 0 Å². The molecule has 0 aromatic carbocycles. The summed E-state index contributed by atoms with van der Waals surface area (Å²) >= 11 is 0. The summed E-state index contributed by atoms with van der Waals surface area (Å²) in [5, 5.41) is 11.1. The molecule has 8 atom stereocenters. The van der Waals surface area contributed by atoms with E-state index in [4.69, 9.17) is 4.74 Å². The van der Waals surface area contributed by atoms with Gasteiger partial charge < -0.3 is 14.7 Å². The fraction of sp³-hybridized carbons (Fsp3) is 0.750. The number of esters is 1. The maximum absolute atomic E-state index is 13.6. The average molecular weight is 359 g/mol. The SMILES string of the molecule is C[C@@H]1C=C[C@@H]2CCCC[C@@H]2[C@H]1C(=O)[C@@H]1C(=O)N2CC[C@H]3C(=O)O[C@@H]1[C@]32O. The quantitative estimate of drug-likeness (QED) is 0.456. The lowest BCUT2D eigenvalue weighted by Crippen LogP contribution is -2.48. The second-order valence-corrected chi connectivity index (χ2v) is 8.73. The largest absolute Gasteiger partial charge is 0.455 e. The second-order valence-electron chi connectivity index (χ2n) is 8.73. The Hall–Kier alpha value is -1.69. The smallest absolute Gasteiger partial charge is 0.314 e. The lowest BCUT2D eigenvalue weighted by atomic mass is 9.62. The first kappa shape index (κ1) is 16.5. The van der Waals surface area contributed by atoms with E-state index in [9.17, 15) is 19.5 Å². The molecule has 0 unspecified atom stereocenters. The molecule has 6 nitrogen and oxygen atoms in total. The number of ether oxygens (including phenoxy) is 1. The summed E-state index contributed by atoms with van der Waals surface area (Å²) in [5.74, 6) is -2.24. The van der Waals surface area contributed by atoms with E-state index in [0.717, 1.165) is 19.3 Å². The number of carbonyl (C=O) groups excluding carboxylic acids is 3. The number of aliphatic hydroxyl groups is 1. The third-order valence-corrected chi connectivity index (χ3v) is 7.57. The molecule has 3 heterocycles. The van der Waals surface area contributed by atoms with Crippen LogP contribution in [0.2, 0.25) is 0 Å². The first-order valence-electron chi connectivity index (χ1n) is 9.91. The van der Waals surface area contributed by atoms with E-state index in [2.05, 4.69) is 12.2 Å². The molecule has 0 bridgehead atoms. The van der Waals surface area contributed by atoms with E-state index in [1.807, 2.05) is 6.92 Å². The van der Waals surface area contributed by atoms with E-state index in [1.54, 1.807) is 0 Å². The molecule has 5 aliphatic rings. The van der Waals surface area contributed by atoms with Gasteiger partial charge in [0.1, 0.15) is 11.8 Å². The minimum Gasteiger partial charge on any atom is -0.455 e. The number of ketones is 1. The summed E-state index contributed by atoms with van der Waals surface area (Å²) in [5.41, 5.74) is -1.62. The van der Waals surface area contributed by atoms with E-state index in [0.29, 0.717) is 18.9 Å². The van der Waals surface area contributed by atoms with Gasteiger partial charge in [-0.3, -0.25) is 14.4 Å². The predicted octanol–water partition coefficient (Wildman–Crippen LogP) is 1.28. The van der Waals surface area contributed by atoms with Crippen molar-refractivity contribution in [3.63, 3.8) is 0 Å². The van der Waals surface area contributed by atoms with Crippen molar-refractivity contribution < 1.29 is 24.2 Å². The Morgan fingerprint density at radius 1 is 1.23 bits per heavy atom. The minimum atomic E-state index is -1.62. The number of hydrogen-bond donors (Lipinski definition) is 1. The van der Waals surface area contributed by atoms with Crippen LogP contribution in [0.4, 0.5) is 0 Å². The number of allylic oxidation sites excluding steroid dienone is 2. The van der Waals surface area contributed by atoms with Gasteiger partial charge in [0.05, 0.1) is 0 Å². The van der Waals surface area contributed by atoms with E-state index in [-0.39, 0.29) is 29.4 Å². The van der Waals surface area contributed by atoms with Crippen LogP contribution in [-0.2, 0) is 19.1 Å². The summed E-state index contributed by atoms with van der Waals surface area (Å²) in [7, 11) is 0. The molecular formula is C20H25NO5. The van der Waals surface area contributed by atoms with Gasteiger partial charge in [-0.25, -0.2) is 0 Å². The summed E-state index contributed by atoms with van der Waals surface area (Å²) < 4.78 is 5.40. The molecule has 0 aromatic heterocycles. The Balaban J connectivity index is 1.50. The van der Waals surface area contributed by atoms with Gasteiger partial charge in [-0.15, -0.1) is 0 Å². The Labute approximate surface area is 152 Å². The van der Waals surface area contributed by atoms with Crippen molar-refractivity contribution in [2.24, 2.45) is 35.5 Å². The zero-order valence-corrected chi connectivity index (χ0v) is 15.0. The van der Waals surface area contributed by atoms with Crippen LogP contribution in [0.15, 0.2) is 12.2 Å². The Kier molecular flexibility index (Phi) is 3.43. The maximum Gasteiger partial charge on any atom is 0.314 e. The second kappa shape index (κ2) is 5.41. The molecule has 2 aliphatic carbocycles.